The van der Waals surface area contributed by atoms with Crippen molar-refractivity contribution in [2.75, 3.05) is 25.1 Å². The number of hydrogen-bond acceptors (Lipinski definition) is 5. The molecule has 132 valence electrons. The van der Waals surface area contributed by atoms with E-state index in [1.807, 2.05) is 18.9 Å². The van der Waals surface area contributed by atoms with Crippen molar-refractivity contribution in [3.8, 4) is 5.75 Å². The molecule has 5 nitrogen and oxygen atoms in total. The van der Waals surface area contributed by atoms with Gasteiger partial charge in [0.05, 0.1) is 17.7 Å². The van der Waals surface area contributed by atoms with Gasteiger partial charge in [0.15, 0.2) is 6.61 Å². The molecule has 6 heteroatoms. The van der Waals surface area contributed by atoms with Crippen LogP contribution in [0.4, 0.5) is 11.4 Å². The molecule has 0 aliphatic carbocycles. The van der Waals surface area contributed by atoms with Gasteiger partial charge in [-0.05, 0) is 31.9 Å². The SMILES string of the molecule is CCCCCC(C)OC(=O)COc1ccc(Cl)c2c1N(C)CC=N2. The van der Waals surface area contributed by atoms with Gasteiger partial charge in [0, 0.05) is 13.3 Å². The minimum absolute atomic E-state index is 0.0842. The third kappa shape index (κ3) is 4.87. The van der Waals surface area contributed by atoms with Gasteiger partial charge in [-0.1, -0.05) is 31.4 Å². The van der Waals surface area contributed by atoms with E-state index in [0.29, 0.717) is 23.0 Å². The first-order valence-corrected chi connectivity index (χ1v) is 8.79. The van der Waals surface area contributed by atoms with Crippen molar-refractivity contribution in [1.82, 2.24) is 0 Å². The Hall–Kier alpha value is -1.75. The number of halogens is 1. The second-order valence-corrected chi connectivity index (χ2v) is 6.43. The highest BCUT2D eigenvalue weighted by Gasteiger charge is 2.20. The largest absolute Gasteiger partial charge is 0.480 e. The number of esters is 1. The predicted octanol–water partition coefficient (Wildman–Crippen LogP) is 4.38. The number of carbonyl (C=O) groups excluding carboxylic acids is 1. The van der Waals surface area contributed by atoms with Gasteiger partial charge in [0.2, 0.25) is 0 Å². The number of aliphatic imine (C=N–C) groups is 1. The molecule has 0 amide bonds. The van der Waals surface area contributed by atoms with Gasteiger partial charge in [0.25, 0.3) is 0 Å². The Morgan fingerprint density at radius 1 is 1.42 bits per heavy atom. The smallest absolute Gasteiger partial charge is 0.344 e. The maximum absolute atomic E-state index is 12.0. The summed E-state index contributed by atoms with van der Waals surface area (Å²) in [6, 6.07) is 3.49. The van der Waals surface area contributed by atoms with Gasteiger partial charge in [-0.15, -0.1) is 0 Å². The molecule has 2 rings (SSSR count). The van der Waals surface area contributed by atoms with Gasteiger partial charge in [0.1, 0.15) is 17.1 Å². The molecule has 0 radical (unpaired) electrons. The van der Waals surface area contributed by atoms with Crippen LogP contribution in [0.1, 0.15) is 39.5 Å². The molecule has 1 aliphatic heterocycles. The molecule has 0 bridgehead atoms. The number of rotatable bonds is 8. The quantitative estimate of drug-likeness (QED) is 0.514. The van der Waals surface area contributed by atoms with Crippen LogP contribution < -0.4 is 9.64 Å². The average Bonchev–Trinajstić information content (AvgIpc) is 2.55. The Labute approximate surface area is 148 Å². The normalized spacial score (nSPS) is 14.2. The highest BCUT2D eigenvalue weighted by atomic mass is 35.5. The standard InChI is InChI=1S/C18H25ClN2O3/c1-4-5-6-7-13(2)24-16(22)12-23-15-9-8-14(19)17-18(15)21(3)11-10-20-17/h8-10,13H,4-7,11-12H2,1-3H3. The highest BCUT2D eigenvalue weighted by molar-refractivity contribution is 6.34. The molecule has 1 aromatic carbocycles. The molecular formula is C18H25ClN2O3. The first-order valence-electron chi connectivity index (χ1n) is 8.41. The zero-order chi connectivity index (χ0) is 17.5. The summed E-state index contributed by atoms with van der Waals surface area (Å²) in [5.74, 6) is 0.231. The van der Waals surface area contributed by atoms with Gasteiger partial charge >= 0.3 is 5.97 Å². The Bertz CT molecular complexity index is 604. The van der Waals surface area contributed by atoms with E-state index in [4.69, 9.17) is 21.1 Å². The van der Waals surface area contributed by atoms with E-state index < -0.39 is 0 Å². The summed E-state index contributed by atoms with van der Waals surface area (Å²) in [5.41, 5.74) is 1.47. The number of fused-ring (bicyclic) bond motifs is 1. The molecule has 0 aromatic heterocycles. The Morgan fingerprint density at radius 2 is 2.21 bits per heavy atom. The van der Waals surface area contributed by atoms with Gasteiger partial charge in [-0.25, -0.2) is 4.79 Å². The number of anilines is 1. The first-order chi connectivity index (χ1) is 11.5. The molecule has 0 fully saturated rings. The maximum atomic E-state index is 12.0. The van der Waals surface area contributed by atoms with Crippen molar-refractivity contribution in [1.29, 1.82) is 0 Å². The molecule has 0 spiro atoms. The fraction of sp³-hybridized carbons (Fsp3) is 0.556. The lowest BCUT2D eigenvalue weighted by molar-refractivity contribution is -0.150. The Kier molecular flexibility index (Phi) is 6.91. The van der Waals surface area contributed by atoms with Crippen LogP contribution in [0.25, 0.3) is 0 Å². The first kappa shape index (κ1) is 18.6. The van der Waals surface area contributed by atoms with Gasteiger partial charge in [-0.2, -0.15) is 0 Å². The zero-order valence-corrected chi connectivity index (χ0v) is 15.3. The van der Waals surface area contributed by atoms with E-state index in [-0.39, 0.29) is 18.7 Å². The predicted molar refractivity (Wildman–Crippen MR) is 98.1 cm³/mol. The maximum Gasteiger partial charge on any atom is 0.344 e. The molecule has 1 atom stereocenters. The van der Waals surface area contributed by atoms with Crippen LogP contribution in [0.3, 0.4) is 0 Å². The fourth-order valence-electron chi connectivity index (χ4n) is 2.63. The Balaban J connectivity index is 1.93. The number of benzene rings is 1. The molecular weight excluding hydrogens is 328 g/mol. The van der Waals surface area contributed by atoms with Crippen LogP contribution in [0.5, 0.6) is 5.75 Å². The number of nitrogens with zero attached hydrogens (tertiary/aromatic N) is 2. The van der Waals surface area contributed by atoms with E-state index in [1.54, 1.807) is 18.3 Å². The van der Waals surface area contributed by atoms with Crippen LogP contribution in [0.15, 0.2) is 17.1 Å². The molecule has 0 saturated heterocycles. The molecule has 1 heterocycles. The second-order valence-electron chi connectivity index (χ2n) is 6.02. The van der Waals surface area contributed by atoms with Crippen LogP contribution >= 0.6 is 11.6 Å². The summed E-state index contributed by atoms with van der Waals surface area (Å²) >= 11 is 6.18. The lowest BCUT2D eigenvalue weighted by atomic mass is 10.1. The van der Waals surface area contributed by atoms with E-state index in [0.717, 1.165) is 31.4 Å². The van der Waals surface area contributed by atoms with Crippen molar-refractivity contribution < 1.29 is 14.3 Å². The van der Waals surface area contributed by atoms with Crippen molar-refractivity contribution >= 4 is 35.2 Å². The van der Waals surface area contributed by atoms with E-state index >= 15 is 0 Å². The summed E-state index contributed by atoms with van der Waals surface area (Å²) in [5, 5.41) is 0.562. The number of carbonyl (C=O) groups is 1. The fourth-order valence-corrected chi connectivity index (χ4v) is 2.83. The van der Waals surface area contributed by atoms with Crippen LogP contribution in [-0.4, -0.2) is 38.5 Å². The summed E-state index contributed by atoms with van der Waals surface area (Å²) in [4.78, 5) is 18.3. The molecule has 0 N–H and O–H groups in total. The van der Waals surface area contributed by atoms with Crippen LogP contribution in [0.2, 0.25) is 5.02 Å². The Morgan fingerprint density at radius 3 is 2.96 bits per heavy atom. The van der Waals surface area contributed by atoms with Crippen molar-refractivity contribution in [3.63, 3.8) is 0 Å². The molecule has 0 saturated carbocycles. The third-order valence-electron chi connectivity index (χ3n) is 3.91. The molecule has 1 aliphatic rings. The summed E-state index contributed by atoms with van der Waals surface area (Å²) < 4.78 is 11.0. The van der Waals surface area contributed by atoms with Crippen molar-refractivity contribution in [3.05, 3.63) is 17.2 Å². The van der Waals surface area contributed by atoms with E-state index in [2.05, 4.69) is 11.9 Å². The summed E-state index contributed by atoms with van der Waals surface area (Å²) in [6.45, 7) is 4.62. The van der Waals surface area contributed by atoms with E-state index in [1.165, 1.54) is 0 Å². The van der Waals surface area contributed by atoms with Crippen LogP contribution in [-0.2, 0) is 9.53 Å². The number of hydrogen-bond donors (Lipinski definition) is 0. The number of ether oxygens (including phenoxy) is 2. The summed E-state index contributed by atoms with van der Waals surface area (Å²) in [7, 11) is 1.93. The van der Waals surface area contributed by atoms with Crippen molar-refractivity contribution in [2.45, 2.75) is 45.6 Å². The highest BCUT2D eigenvalue weighted by Crippen LogP contribution is 2.43. The lowest BCUT2D eigenvalue weighted by Gasteiger charge is -2.26. The molecule has 1 aromatic rings. The second kappa shape index (κ2) is 8.92. The van der Waals surface area contributed by atoms with Gasteiger partial charge < -0.3 is 14.4 Å². The number of unbranched alkanes of at least 4 members (excludes halogenated alkanes) is 2. The average molecular weight is 353 g/mol. The summed E-state index contributed by atoms with van der Waals surface area (Å²) in [6.07, 6.45) is 5.97. The minimum atomic E-state index is -0.357. The third-order valence-corrected chi connectivity index (χ3v) is 4.22. The van der Waals surface area contributed by atoms with Crippen LogP contribution in [0, 0.1) is 0 Å². The zero-order valence-electron chi connectivity index (χ0n) is 14.5. The van der Waals surface area contributed by atoms with Gasteiger partial charge in [-0.3, -0.25) is 4.99 Å². The van der Waals surface area contributed by atoms with E-state index in [9.17, 15) is 4.79 Å². The molecule has 1 unspecified atom stereocenters. The minimum Gasteiger partial charge on any atom is -0.480 e. The topological polar surface area (TPSA) is 51.1 Å². The molecule has 24 heavy (non-hydrogen) atoms. The lowest BCUT2D eigenvalue weighted by Crippen LogP contribution is -2.24. The van der Waals surface area contributed by atoms with Crippen molar-refractivity contribution in [2.24, 2.45) is 4.99 Å². The monoisotopic (exact) mass is 352 g/mol.